The van der Waals surface area contributed by atoms with Crippen molar-refractivity contribution in [2.45, 2.75) is 37.6 Å². The zero-order valence-electron chi connectivity index (χ0n) is 10.9. The van der Waals surface area contributed by atoms with Gasteiger partial charge in [0, 0.05) is 18.8 Å². The molecule has 0 atom stereocenters. The van der Waals surface area contributed by atoms with Crippen molar-refractivity contribution in [1.82, 2.24) is 9.88 Å². The molecule has 2 rings (SSSR count). The number of halogens is 1. The molecule has 0 spiro atoms. The Bertz CT molecular complexity index is 439. The number of carbonyl (C=O) groups is 1. The van der Waals surface area contributed by atoms with Crippen LogP contribution in [-0.4, -0.2) is 35.3 Å². The van der Waals surface area contributed by atoms with Crippen molar-refractivity contribution in [3.05, 3.63) is 29.0 Å². The zero-order valence-corrected chi connectivity index (χ0v) is 11.7. The summed E-state index contributed by atoms with van der Waals surface area (Å²) in [5, 5.41) is 0.581. The van der Waals surface area contributed by atoms with Crippen molar-refractivity contribution in [1.29, 1.82) is 0 Å². The number of hydrogen-bond donors (Lipinski definition) is 0. The molecule has 1 aromatic heterocycles. The minimum atomic E-state index is -0.285. The number of rotatable bonds is 4. The summed E-state index contributed by atoms with van der Waals surface area (Å²) in [5.41, 5.74) is 0.594. The number of hydrogen-bond acceptors (Lipinski definition) is 3. The molecule has 1 aromatic rings. The lowest BCUT2D eigenvalue weighted by atomic mass is 9.87. The highest BCUT2D eigenvalue weighted by molar-refractivity contribution is 6.31. The summed E-state index contributed by atoms with van der Waals surface area (Å²) in [4.78, 5) is 18.6. The van der Waals surface area contributed by atoms with Crippen LogP contribution in [0.3, 0.4) is 0 Å². The smallest absolute Gasteiger partial charge is 0.157 e. The van der Waals surface area contributed by atoms with Crippen molar-refractivity contribution < 1.29 is 4.79 Å². The predicted octanol–water partition coefficient (Wildman–Crippen LogP) is 2.72. The van der Waals surface area contributed by atoms with Gasteiger partial charge in [-0.1, -0.05) is 24.4 Å². The van der Waals surface area contributed by atoms with Crippen molar-refractivity contribution in [2.75, 3.05) is 14.1 Å². The molecule has 0 unspecified atom stereocenters. The zero-order chi connectivity index (χ0) is 13.2. The van der Waals surface area contributed by atoms with Gasteiger partial charge in [0.05, 0.1) is 10.6 Å². The first-order valence-electron chi connectivity index (χ1n) is 6.35. The van der Waals surface area contributed by atoms with Crippen LogP contribution >= 0.6 is 11.6 Å². The molecular weight excluding hydrogens is 248 g/mol. The molecule has 0 N–H and O–H groups in total. The number of pyridine rings is 1. The summed E-state index contributed by atoms with van der Waals surface area (Å²) < 4.78 is 0. The van der Waals surface area contributed by atoms with Gasteiger partial charge in [-0.05, 0) is 38.6 Å². The molecule has 98 valence electrons. The number of Topliss-reactive ketones (excluding diaryl/α,β-unsaturated/α-hetero) is 1. The second kappa shape index (κ2) is 5.37. The largest absolute Gasteiger partial charge is 0.297 e. The van der Waals surface area contributed by atoms with Crippen molar-refractivity contribution >= 4 is 17.4 Å². The molecule has 1 aliphatic rings. The second-order valence-corrected chi connectivity index (χ2v) is 5.61. The van der Waals surface area contributed by atoms with E-state index in [4.69, 9.17) is 11.6 Å². The predicted molar refractivity (Wildman–Crippen MR) is 72.8 cm³/mol. The molecule has 0 saturated heterocycles. The van der Waals surface area contributed by atoms with E-state index >= 15 is 0 Å². The maximum Gasteiger partial charge on any atom is 0.157 e. The van der Waals surface area contributed by atoms with Gasteiger partial charge in [-0.2, -0.15) is 0 Å². The topological polar surface area (TPSA) is 33.2 Å². The van der Waals surface area contributed by atoms with E-state index in [1.807, 2.05) is 20.2 Å². The molecule has 3 nitrogen and oxygen atoms in total. The highest BCUT2D eigenvalue weighted by Gasteiger charge is 2.42. The molecular formula is C14H19ClN2O. The van der Waals surface area contributed by atoms with Crippen LogP contribution in [0.2, 0.25) is 5.02 Å². The lowest BCUT2D eigenvalue weighted by Crippen LogP contribution is -2.49. The Hall–Kier alpha value is -0.930. The Morgan fingerprint density at radius 2 is 2.11 bits per heavy atom. The maximum absolute atomic E-state index is 12.6. The van der Waals surface area contributed by atoms with Crippen molar-refractivity contribution in [2.24, 2.45) is 0 Å². The fourth-order valence-corrected chi connectivity index (χ4v) is 3.01. The van der Waals surface area contributed by atoms with Gasteiger partial charge < -0.3 is 0 Å². The maximum atomic E-state index is 12.6. The molecule has 1 aliphatic carbocycles. The Morgan fingerprint density at radius 3 is 2.67 bits per heavy atom. The summed E-state index contributed by atoms with van der Waals surface area (Å²) >= 11 is 6.07. The highest BCUT2D eigenvalue weighted by Crippen LogP contribution is 2.35. The number of ketones is 1. The molecule has 0 radical (unpaired) electrons. The Kier molecular flexibility index (Phi) is 4.03. The van der Waals surface area contributed by atoms with Crippen LogP contribution < -0.4 is 0 Å². The van der Waals surface area contributed by atoms with Gasteiger partial charge in [0.2, 0.25) is 0 Å². The van der Waals surface area contributed by atoms with E-state index in [0.717, 1.165) is 31.2 Å². The van der Waals surface area contributed by atoms with E-state index in [1.54, 1.807) is 12.4 Å². The molecule has 1 fully saturated rings. The molecule has 0 aliphatic heterocycles. The molecule has 0 amide bonds. The van der Waals surface area contributed by atoms with Gasteiger partial charge >= 0.3 is 0 Å². The first kappa shape index (κ1) is 13.5. The lowest BCUT2D eigenvalue weighted by molar-refractivity contribution is -0.128. The van der Waals surface area contributed by atoms with E-state index in [-0.39, 0.29) is 11.3 Å². The summed E-state index contributed by atoms with van der Waals surface area (Å²) in [6.45, 7) is 0. The number of carbonyl (C=O) groups excluding carboxylic acids is 1. The second-order valence-electron chi connectivity index (χ2n) is 5.20. The van der Waals surface area contributed by atoms with Gasteiger partial charge in [-0.25, -0.2) is 0 Å². The Morgan fingerprint density at radius 1 is 1.44 bits per heavy atom. The third kappa shape index (κ3) is 2.43. The Balaban J connectivity index is 2.19. The first-order valence-corrected chi connectivity index (χ1v) is 6.73. The third-order valence-corrected chi connectivity index (χ3v) is 4.35. The number of likely N-dealkylation sites (N-methyl/N-ethyl adjacent to an activating group) is 1. The molecule has 18 heavy (non-hydrogen) atoms. The van der Waals surface area contributed by atoms with Gasteiger partial charge in [0.25, 0.3) is 0 Å². The fourth-order valence-electron chi connectivity index (χ4n) is 2.82. The van der Waals surface area contributed by atoms with Crippen LogP contribution in [0, 0.1) is 0 Å². The van der Waals surface area contributed by atoms with Crippen LogP contribution in [-0.2, 0) is 11.2 Å². The highest BCUT2D eigenvalue weighted by atomic mass is 35.5. The SMILES string of the molecule is CN(C)C1(C(=O)Cc2ccncc2Cl)CCCC1. The third-order valence-electron chi connectivity index (χ3n) is 4.01. The van der Waals surface area contributed by atoms with Gasteiger partial charge in [0.15, 0.2) is 5.78 Å². The molecule has 4 heteroatoms. The standard InChI is InChI=1S/C14H19ClN2O/c1-17(2)14(6-3-4-7-14)13(18)9-11-5-8-16-10-12(11)15/h5,8,10H,3-4,6-7,9H2,1-2H3. The van der Waals surface area contributed by atoms with E-state index in [0.29, 0.717) is 11.4 Å². The molecule has 1 saturated carbocycles. The summed E-state index contributed by atoms with van der Waals surface area (Å²) in [5.74, 6) is 0.276. The normalized spacial score (nSPS) is 18.2. The van der Waals surface area contributed by atoms with E-state index < -0.39 is 0 Å². The average Bonchev–Trinajstić information content (AvgIpc) is 2.82. The monoisotopic (exact) mass is 266 g/mol. The van der Waals surface area contributed by atoms with E-state index in [9.17, 15) is 4.79 Å². The van der Waals surface area contributed by atoms with Gasteiger partial charge in [0.1, 0.15) is 0 Å². The number of nitrogens with zero attached hydrogens (tertiary/aromatic N) is 2. The van der Waals surface area contributed by atoms with Crippen LogP contribution in [0.4, 0.5) is 0 Å². The van der Waals surface area contributed by atoms with Crippen LogP contribution in [0.5, 0.6) is 0 Å². The molecule has 1 heterocycles. The number of aromatic nitrogens is 1. The van der Waals surface area contributed by atoms with Crippen LogP contribution in [0.25, 0.3) is 0 Å². The minimum Gasteiger partial charge on any atom is -0.297 e. The average molecular weight is 267 g/mol. The first-order chi connectivity index (χ1) is 8.56. The molecule has 0 bridgehead atoms. The van der Waals surface area contributed by atoms with E-state index in [2.05, 4.69) is 9.88 Å². The van der Waals surface area contributed by atoms with Crippen molar-refractivity contribution in [3.8, 4) is 0 Å². The van der Waals surface area contributed by atoms with Crippen molar-refractivity contribution in [3.63, 3.8) is 0 Å². The minimum absolute atomic E-state index is 0.276. The summed E-state index contributed by atoms with van der Waals surface area (Å²) in [6.07, 6.45) is 7.87. The Labute approximate surface area is 113 Å². The quantitative estimate of drug-likeness (QED) is 0.840. The van der Waals surface area contributed by atoms with Gasteiger partial charge in [-0.3, -0.25) is 14.7 Å². The summed E-state index contributed by atoms with van der Waals surface area (Å²) in [7, 11) is 3.99. The lowest BCUT2D eigenvalue weighted by Gasteiger charge is -2.34. The van der Waals surface area contributed by atoms with Crippen LogP contribution in [0.1, 0.15) is 31.2 Å². The summed E-state index contributed by atoms with van der Waals surface area (Å²) in [6, 6.07) is 1.83. The van der Waals surface area contributed by atoms with Crippen LogP contribution in [0.15, 0.2) is 18.5 Å². The fraction of sp³-hybridized carbons (Fsp3) is 0.571. The van der Waals surface area contributed by atoms with Gasteiger partial charge in [-0.15, -0.1) is 0 Å². The van der Waals surface area contributed by atoms with E-state index in [1.165, 1.54) is 0 Å². The molecule has 0 aromatic carbocycles.